The second-order valence-corrected chi connectivity index (χ2v) is 11.4. The second-order valence-electron chi connectivity index (χ2n) is 6.16. The van der Waals surface area contributed by atoms with Gasteiger partial charge in [0, 0.05) is 0 Å². The quantitative estimate of drug-likeness (QED) is 0.451. The first-order valence-electron chi connectivity index (χ1n) is 8.85. The van der Waals surface area contributed by atoms with Gasteiger partial charge in [-0.15, -0.1) is 0 Å². The van der Waals surface area contributed by atoms with E-state index >= 15 is 0 Å². The number of benzene rings is 3. The Morgan fingerprint density at radius 1 is 0.560 bits per heavy atom. The normalized spacial score (nSPS) is 10.8. The summed E-state index contributed by atoms with van der Waals surface area (Å²) in [7, 11) is 0. The van der Waals surface area contributed by atoms with Crippen LogP contribution in [-0.4, -0.2) is 0 Å². The van der Waals surface area contributed by atoms with Gasteiger partial charge in [-0.1, -0.05) is 0 Å². The van der Waals surface area contributed by atoms with E-state index in [-0.39, 0.29) is 16.1 Å². The molecule has 0 nitrogen and oxygen atoms in total. The van der Waals surface area contributed by atoms with Gasteiger partial charge in [0.2, 0.25) is 0 Å². The van der Waals surface area contributed by atoms with Gasteiger partial charge in [0.25, 0.3) is 0 Å². The van der Waals surface area contributed by atoms with Crippen LogP contribution in [0, 0.1) is 0 Å². The fraction of sp³-hybridized carbons (Fsp3) is 0.217. The van der Waals surface area contributed by atoms with E-state index in [4.69, 9.17) is 0 Å². The molecule has 0 amide bonds. The summed E-state index contributed by atoms with van der Waals surface area (Å²) in [6, 6.07) is 33.5. The summed E-state index contributed by atoms with van der Waals surface area (Å²) in [6.07, 6.45) is 0. The third-order valence-electron chi connectivity index (χ3n) is 5.00. The van der Waals surface area contributed by atoms with E-state index in [0.29, 0.717) is 0 Å². The predicted octanol–water partition coefficient (Wildman–Crippen LogP) is 3.48. The molecular weight excluding hydrogens is 360 g/mol. The van der Waals surface area contributed by atoms with Crippen LogP contribution in [-0.2, 0) is 21.6 Å². The molecule has 0 heterocycles. The molecule has 3 aromatic rings. The Kier molecular flexibility index (Phi) is 7.50. The van der Waals surface area contributed by atoms with Crippen LogP contribution in [0.4, 0.5) is 0 Å². The first-order valence-corrected chi connectivity index (χ1v) is 11.8. The molecule has 3 aromatic carbocycles. The third-order valence-corrected chi connectivity index (χ3v) is 10.7. The summed E-state index contributed by atoms with van der Waals surface area (Å²) < 4.78 is 2.69. The molecule has 0 saturated carbocycles. The SMILES string of the molecule is C[CH2][Ti+]([CH2]C)[C](c1ccccc1)(c1ccccc1)c1ccccc1.[Cl-]. The van der Waals surface area contributed by atoms with E-state index < -0.39 is 17.9 Å². The van der Waals surface area contributed by atoms with Crippen LogP contribution in [0.1, 0.15) is 30.5 Å². The molecule has 2 heteroatoms. The van der Waals surface area contributed by atoms with E-state index in [2.05, 4.69) is 105 Å². The predicted molar refractivity (Wildman–Crippen MR) is 100 cm³/mol. The van der Waals surface area contributed by atoms with E-state index in [1.807, 2.05) is 0 Å². The summed E-state index contributed by atoms with van der Waals surface area (Å²) in [4.78, 5) is 0. The molecule has 0 radical (unpaired) electrons. The van der Waals surface area contributed by atoms with Crippen molar-refractivity contribution in [2.75, 3.05) is 0 Å². The van der Waals surface area contributed by atoms with Crippen molar-refractivity contribution < 1.29 is 30.3 Å². The number of halogens is 1. The maximum absolute atomic E-state index is 2.39. The van der Waals surface area contributed by atoms with Crippen LogP contribution in [0.3, 0.4) is 0 Å². The molecule has 0 unspecified atom stereocenters. The van der Waals surface area contributed by atoms with Gasteiger partial charge < -0.3 is 12.4 Å². The van der Waals surface area contributed by atoms with Crippen LogP contribution in [0.5, 0.6) is 0 Å². The van der Waals surface area contributed by atoms with Crippen molar-refractivity contribution in [3.8, 4) is 0 Å². The Morgan fingerprint density at radius 3 is 1.08 bits per heavy atom. The summed E-state index contributed by atoms with van der Waals surface area (Å²) in [5, 5.41) is 0. The topological polar surface area (TPSA) is 0 Å². The Bertz CT molecular complexity index is 640. The van der Waals surface area contributed by atoms with Gasteiger partial charge in [0.15, 0.2) is 0 Å². The van der Waals surface area contributed by atoms with Gasteiger partial charge in [0.05, 0.1) is 0 Å². The number of hydrogen-bond donors (Lipinski definition) is 0. The molecule has 128 valence electrons. The molecule has 0 saturated heterocycles. The molecule has 0 aliphatic heterocycles. The van der Waals surface area contributed by atoms with Crippen molar-refractivity contribution >= 4 is 0 Å². The van der Waals surface area contributed by atoms with Crippen LogP contribution in [0.25, 0.3) is 0 Å². The molecule has 0 spiro atoms. The average Bonchev–Trinajstić information content (AvgIpc) is 2.68. The Labute approximate surface area is 164 Å². The van der Waals surface area contributed by atoms with Crippen molar-refractivity contribution in [2.45, 2.75) is 27.0 Å². The minimum Gasteiger partial charge on any atom is -1.00 e. The first kappa shape index (κ1) is 20.0. The molecule has 0 aromatic heterocycles. The monoisotopic (exact) mass is 384 g/mol. The van der Waals surface area contributed by atoms with E-state index in [9.17, 15) is 0 Å². The van der Waals surface area contributed by atoms with E-state index in [1.165, 1.54) is 26.1 Å². The standard InChI is InChI=1S/C19H15.2C2H5.ClH.Ti/c1-4-10-16(11-5-1)19(17-12-6-2-7-13-17)18-14-8-3-9-15-18;2*1-2;;/h1-15H;2*1H2,2H3;1H;/q;;;;+1/p-1. The zero-order valence-electron chi connectivity index (χ0n) is 15.0. The van der Waals surface area contributed by atoms with Crippen LogP contribution in [0.15, 0.2) is 91.0 Å². The number of hydrogen-bond acceptors (Lipinski definition) is 0. The Hall–Kier alpha value is -1.34. The minimum absolute atomic E-state index is 0. The first-order chi connectivity index (χ1) is 11.8. The molecule has 0 aliphatic carbocycles. The summed E-state index contributed by atoms with van der Waals surface area (Å²) >= 11 is -1.46. The molecule has 0 aliphatic rings. The molecule has 0 atom stereocenters. The fourth-order valence-electron chi connectivity index (χ4n) is 3.96. The minimum atomic E-state index is -1.46. The van der Waals surface area contributed by atoms with Crippen molar-refractivity contribution in [1.29, 1.82) is 0 Å². The molecule has 25 heavy (non-hydrogen) atoms. The molecule has 0 N–H and O–H groups in total. The van der Waals surface area contributed by atoms with Gasteiger partial charge in [-0.05, 0) is 0 Å². The Morgan fingerprint density at radius 2 is 0.840 bits per heavy atom. The third kappa shape index (κ3) is 3.77. The summed E-state index contributed by atoms with van der Waals surface area (Å²) in [5.74, 6) is 0. The van der Waals surface area contributed by atoms with Crippen molar-refractivity contribution in [3.63, 3.8) is 0 Å². The van der Waals surface area contributed by atoms with Crippen molar-refractivity contribution in [1.82, 2.24) is 0 Å². The Balaban J connectivity index is 0.00000225. The van der Waals surface area contributed by atoms with Gasteiger partial charge in [-0.2, -0.15) is 0 Å². The van der Waals surface area contributed by atoms with Gasteiger partial charge in [-0.3, -0.25) is 0 Å². The maximum atomic E-state index is 2.39. The smallest absolute Gasteiger partial charge is 1.00 e. The second kappa shape index (κ2) is 9.39. The number of rotatable bonds is 6. The van der Waals surface area contributed by atoms with Crippen LogP contribution < -0.4 is 12.4 Å². The molecule has 3 rings (SSSR count). The van der Waals surface area contributed by atoms with Gasteiger partial charge in [0.1, 0.15) is 0 Å². The maximum Gasteiger partial charge on any atom is -1.00 e. The fourth-order valence-corrected chi connectivity index (χ4v) is 9.09. The van der Waals surface area contributed by atoms with Gasteiger partial charge in [-0.25, -0.2) is 0 Å². The molecule has 0 bridgehead atoms. The summed E-state index contributed by atoms with van der Waals surface area (Å²) in [6.45, 7) is 4.78. The van der Waals surface area contributed by atoms with Crippen molar-refractivity contribution in [2.24, 2.45) is 0 Å². The van der Waals surface area contributed by atoms with Crippen LogP contribution >= 0.6 is 0 Å². The van der Waals surface area contributed by atoms with Crippen LogP contribution in [0.2, 0.25) is 9.45 Å². The zero-order valence-corrected chi connectivity index (χ0v) is 17.3. The van der Waals surface area contributed by atoms with Crippen molar-refractivity contribution in [3.05, 3.63) is 108 Å². The zero-order chi connectivity index (χ0) is 16.8. The van der Waals surface area contributed by atoms with E-state index in [0.717, 1.165) is 0 Å². The average molecular weight is 385 g/mol. The van der Waals surface area contributed by atoms with E-state index in [1.54, 1.807) is 0 Å². The summed E-state index contributed by atoms with van der Waals surface area (Å²) in [5.41, 5.74) is 4.38. The molecular formula is C23H25ClTi. The molecule has 0 fully saturated rings. The van der Waals surface area contributed by atoms with Gasteiger partial charge >= 0.3 is 153 Å². The largest absolute Gasteiger partial charge is 1.00 e.